The molecular formula is C14H23N3O. The lowest BCUT2D eigenvalue weighted by Gasteiger charge is -2.18. The number of nitrogens with one attached hydrogen (secondary N) is 1. The molecule has 0 radical (unpaired) electrons. The maximum absolute atomic E-state index is 5.36. The van der Waals surface area contributed by atoms with Crippen molar-refractivity contribution in [3.05, 3.63) is 23.9 Å². The maximum atomic E-state index is 5.36. The summed E-state index contributed by atoms with van der Waals surface area (Å²) < 4.78 is 5.36. The van der Waals surface area contributed by atoms with Gasteiger partial charge in [-0.1, -0.05) is 6.07 Å². The molecule has 2 rings (SSSR count). The first-order chi connectivity index (χ1) is 8.79. The number of aromatic nitrogens is 1. The summed E-state index contributed by atoms with van der Waals surface area (Å²) in [5.74, 6) is 1.02. The van der Waals surface area contributed by atoms with E-state index < -0.39 is 0 Å². The molecule has 1 aromatic rings. The molecule has 0 spiro atoms. The van der Waals surface area contributed by atoms with Crippen molar-refractivity contribution in [3.63, 3.8) is 0 Å². The summed E-state index contributed by atoms with van der Waals surface area (Å²) >= 11 is 0. The van der Waals surface area contributed by atoms with Gasteiger partial charge in [0.05, 0.1) is 12.3 Å². The third kappa shape index (κ3) is 4.27. The quantitative estimate of drug-likeness (QED) is 0.713. The normalized spacial score (nSPS) is 14.8. The van der Waals surface area contributed by atoms with Crippen molar-refractivity contribution < 1.29 is 4.74 Å². The summed E-state index contributed by atoms with van der Waals surface area (Å²) in [7, 11) is 2.06. The van der Waals surface area contributed by atoms with Crippen LogP contribution in [0.1, 0.15) is 25.5 Å². The molecule has 0 bridgehead atoms. The largest absolute Gasteiger partial charge is 0.380 e. The number of ether oxygens (including phenoxy) is 1. The molecular weight excluding hydrogens is 226 g/mol. The molecule has 1 N–H and O–H groups in total. The van der Waals surface area contributed by atoms with Crippen LogP contribution in [0.15, 0.2) is 18.2 Å². The van der Waals surface area contributed by atoms with Crippen LogP contribution in [-0.4, -0.2) is 37.8 Å². The van der Waals surface area contributed by atoms with Gasteiger partial charge < -0.3 is 15.0 Å². The lowest BCUT2D eigenvalue weighted by Crippen LogP contribution is -2.24. The highest BCUT2D eigenvalue weighted by Crippen LogP contribution is 2.19. The van der Waals surface area contributed by atoms with Gasteiger partial charge in [-0.3, -0.25) is 0 Å². The molecule has 0 amide bonds. The van der Waals surface area contributed by atoms with Crippen LogP contribution in [-0.2, 0) is 11.3 Å². The number of pyridine rings is 1. The minimum Gasteiger partial charge on any atom is -0.380 e. The predicted octanol–water partition coefficient (Wildman–Crippen LogP) is 1.81. The first-order valence-corrected chi connectivity index (χ1v) is 6.78. The Kier molecular flexibility index (Phi) is 4.96. The third-order valence-corrected chi connectivity index (χ3v) is 3.11. The van der Waals surface area contributed by atoms with Crippen LogP contribution in [0, 0.1) is 0 Å². The van der Waals surface area contributed by atoms with Gasteiger partial charge in [-0.05, 0) is 31.9 Å². The molecule has 0 atom stereocenters. The molecule has 0 aliphatic heterocycles. The van der Waals surface area contributed by atoms with E-state index in [1.165, 1.54) is 12.8 Å². The van der Waals surface area contributed by atoms with Crippen molar-refractivity contribution >= 4 is 5.82 Å². The van der Waals surface area contributed by atoms with Gasteiger partial charge in [-0.15, -0.1) is 0 Å². The van der Waals surface area contributed by atoms with E-state index in [2.05, 4.69) is 34.4 Å². The summed E-state index contributed by atoms with van der Waals surface area (Å²) in [6.07, 6.45) is 2.63. The Morgan fingerprint density at radius 1 is 1.44 bits per heavy atom. The molecule has 0 aromatic carbocycles. The molecule has 4 nitrogen and oxygen atoms in total. The number of hydrogen-bond acceptors (Lipinski definition) is 4. The SMILES string of the molecule is CCOCCN(C)c1cccc(CNC2CC2)n1. The topological polar surface area (TPSA) is 37.4 Å². The van der Waals surface area contributed by atoms with Crippen molar-refractivity contribution in [2.45, 2.75) is 32.4 Å². The van der Waals surface area contributed by atoms with Gasteiger partial charge in [0.1, 0.15) is 5.82 Å². The van der Waals surface area contributed by atoms with Gasteiger partial charge >= 0.3 is 0 Å². The minimum atomic E-state index is 0.728. The van der Waals surface area contributed by atoms with Crippen LogP contribution in [0.25, 0.3) is 0 Å². The Morgan fingerprint density at radius 2 is 2.28 bits per heavy atom. The predicted molar refractivity (Wildman–Crippen MR) is 73.9 cm³/mol. The van der Waals surface area contributed by atoms with Crippen LogP contribution >= 0.6 is 0 Å². The van der Waals surface area contributed by atoms with Gasteiger partial charge in [-0.25, -0.2) is 4.98 Å². The van der Waals surface area contributed by atoms with Gasteiger partial charge in [0.2, 0.25) is 0 Å². The zero-order valence-corrected chi connectivity index (χ0v) is 11.4. The van der Waals surface area contributed by atoms with E-state index >= 15 is 0 Å². The van der Waals surface area contributed by atoms with Gasteiger partial charge in [-0.2, -0.15) is 0 Å². The van der Waals surface area contributed by atoms with Crippen LogP contribution in [0.5, 0.6) is 0 Å². The highest BCUT2D eigenvalue weighted by Gasteiger charge is 2.20. The summed E-state index contributed by atoms with van der Waals surface area (Å²) in [6.45, 7) is 5.28. The Morgan fingerprint density at radius 3 is 3.00 bits per heavy atom. The number of rotatable bonds is 8. The zero-order valence-electron chi connectivity index (χ0n) is 11.4. The van der Waals surface area contributed by atoms with Gasteiger partial charge in [0.15, 0.2) is 0 Å². The van der Waals surface area contributed by atoms with Crippen LogP contribution in [0.3, 0.4) is 0 Å². The number of nitrogens with zero attached hydrogens (tertiary/aromatic N) is 2. The van der Waals surface area contributed by atoms with Gasteiger partial charge in [0, 0.05) is 32.8 Å². The van der Waals surface area contributed by atoms with Crippen LogP contribution < -0.4 is 10.2 Å². The second-order valence-electron chi connectivity index (χ2n) is 4.76. The molecule has 100 valence electrons. The van der Waals surface area contributed by atoms with E-state index in [0.717, 1.165) is 43.9 Å². The fraction of sp³-hybridized carbons (Fsp3) is 0.643. The van der Waals surface area contributed by atoms with E-state index in [0.29, 0.717) is 0 Å². The molecule has 1 heterocycles. The number of likely N-dealkylation sites (N-methyl/N-ethyl adjacent to an activating group) is 1. The summed E-state index contributed by atoms with van der Waals surface area (Å²) in [6, 6.07) is 6.93. The first-order valence-electron chi connectivity index (χ1n) is 6.78. The van der Waals surface area contributed by atoms with Crippen LogP contribution in [0.2, 0.25) is 0 Å². The maximum Gasteiger partial charge on any atom is 0.128 e. The third-order valence-electron chi connectivity index (χ3n) is 3.11. The van der Waals surface area contributed by atoms with E-state index in [9.17, 15) is 0 Å². The average Bonchev–Trinajstić information content (AvgIpc) is 3.21. The lowest BCUT2D eigenvalue weighted by atomic mass is 10.3. The first kappa shape index (κ1) is 13.3. The van der Waals surface area contributed by atoms with Crippen molar-refractivity contribution in [1.82, 2.24) is 10.3 Å². The summed E-state index contributed by atoms with van der Waals surface area (Å²) in [5, 5.41) is 3.49. The Balaban J connectivity index is 1.84. The molecule has 0 unspecified atom stereocenters. The minimum absolute atomic E-state index is 0.728. The fourth-order valence-electron chi connectivity index (χ4n) is 1.77. The van der Waals surface area contributed by atoms with E-state index in [1.807, 2.05) is 13.0 Å². The second-order valence-corrected chi connectivity index (χ2v) is 4.76. The summed E-state index contributed by atoms with van der Waals surface area (Å²) in [4.78, 5) is 6.79. The van der Waals surface area contributed by atoms with E-state index in [-0.39, 0.29) is 0 Å². The van der Waals surface area contributed by atoms with Crippen LogP contribution in [0.4, 0.5) is 5.82 Å². The fourth-order valence-corrected chi connectivity index (χ4v) is 1.77. The second kappa shape index (κ2) is 6.71. The van der Waals surface area contributed by atoms with E-state index in [4.69, 9.17) is 4.74 Å². The molecule has 1 aliphatic carbocycles. The smallest absolute Gasteiger partial charge is 0.128 e. The Bertz CT molecular complexity index is 366. The summed E-state index contributed by atoms with van der Waals surface area (Å²) in [5.41, 5.74) is 1.11. The molecule has 1 fully saturated rings. The van der Waals surface area contributed by atoms with Gasteiger partial charge in [0.25, 0.3) is 0 Å². The Hall–Kier alpha value is -1.13. The standard InChI is InChI=1S/C14H23N3O/c1-3-18-10-9-17(2)14-6-4-5-13(16-14)11-15-12-7-8-12/h4-6,12,15H,3,7-11H2,1-2H3. The lowest BCUT2D eigenvalue weighted by molar-refractivity contribution is 0.154. The monoisotopic (exact) mass is 249 g/mol. The highest BCUT2D eigenvalue weighted by atomic mass is 16.5. The van der Waals surface area contributed by atoms with Crippen molar-refractivity contribution in [2.24, 2.45) is 0 Å². The molecule has 1 aromatic heterocycles. The van der Waals surface area contributed by atoms with Crippen molar-refractivity contribution in [2.75, 3.05) is 31.7 Å². The molecule has 4 heteroatoms. The zero-order chi connectivity index (χ0) is 12.8. The molecule has 18 heavy (non-hydrogen) atoms. The average molecular weight is 249 g/mol. The molecule has 1 aliphatic rings. The highest BCUT2D eigenvalue weighted by molar-refractivity contribution is 5.38. The number of anilines is 1. The number of hydrogen-bond donors (Lipinski definition) is 1. The van der Waals surface area contributed by atoms with Crippen molar-refractivity contribution in [1.29, 1.82) is 0 Å². The molecule has 0 saturated heterocycles. The molecule has 1 saturated carbocycles. The van der Waals surface area contributed by atoms with E-state index in [1.54, 1.807) is 0 Å². The van der Waals surface area contributed by atoms with Crippen molar-refractivity contribution in [3.8, 4) is 0 Å². The Labute approximate surface area is 109 Å².